The minimum atomic E-state index is -2.23. The van der Waals surface area contributed by atoms with Crippen LogP contribution in [-0.2, 0) is 61.7 Å². The Balaban J connectivity index is 1.23. The molecule has 418 valence electrons. The molecule has 6 heterocycles. The highest BCUT2D eigenvalue weighted by atomic mass is 16.8. The summed E-state index contributed by atoms with van der Waals surface area (Å²) in [5, 5.41) is 187. The minimum Gasteiger partial charge on any atom is -0.394 e. The fourth-order valence-corrected chi connectivity index (χ4v) is 9.14. The van der Waals surface area contributed by atoms with Crippen LogP contribution in [0.2, 0.25) is 0 Å². The first kappa shape index (κ1) is 59.1. The van der Waals surface area contributed by atoms with Crippen LogP contribution in [0.15, 0.2) is 0 Å². The first-order chi connectivity index (χ1) is 34.0. The number of ether oxygens (including phenoxy) is 11. The van der Waals surface area contributed by atoms with Crippen molar-refractivity contribution in [2.45, 2.75) is 205 Å². The van der Waals surface area contributed by atoms with Crippen LogP contribution >= 0.6 is 0 Å². The van der Waals surface area contributed by atoms with Gasteiger partial charge in [0.1, 0.15) is 140 Å². The van der Waals surface area contributed by atoms with Gasteiger partial charge in [-0.3, -0.25) is 9.59 Å². The summed E-state index contributed by atoms with van der Waals surface area (Å²) in [7, 11) is 0. The molecule has 0 unspecified atom stereocenters. The number of amides is 2. The SMILES string of the molecule is CC(=O)N[C@@H]1[C@@H](O)[C@H](O[C@@H]2O[C@H](CO)[C@@H](O[C@@H]3O[C@H](CO)[C@@H](O)[C@H](O[C@H]4O[C@H](CO)[C@@H](O)[C@H](O)[C@@H]4O[C@H]4O[C@H](CO)[C@@H](O)[C@H](O)[C@@H]4O)[C@@H]3O)[C@H](O)[C@H]2NC(C)=O)[C@@H](CO[C@@H]2O[C@@H](C)[C@@H](O)[C@@H](O)[C@@H]2O)O[C@H]1O. The second-order valence-corrected chi connectivity index (χ2v) is 18.3. The highest BCUT2D eigenvalue weighted by Crippen LogP contribution is 2.36. The van der Waals surface area contributed by atoms with Crippen LogP contribution in [0.3, 0.4) is 0 Å². The molecule has 19 N–H and O–H groups in total. The van der Waals surface area contributed by atoms with E-state index in [1.165, 1.54) is 6.92 Å². The van der Waals surface area contributed by atoms with Crippen molar-refractivity contribution >= 4 is 11.8 Å². The lowest BCUT2D eigenvalue weighted by atomic mass is 9.94. The second-order valence-electron chi connectivity index (χ2n) is 18.3. The summed E-state index contributed by atoms with van der Waals surface area (Å²) in [6.45, 7) is -1.21. The Morgan fingerprint density at radius 1 is 0.389 bits per heavy atom. The predicted molar refractivity (Wildman–Crippen MR) is 221 cm³/mol. The third-order valence-corrected chi connectivity index (χ3v) is 13.2. The Morgan fingerprint density at radius 2 is 0.819 bits per heavy atom. The number of nitrogens with one attached hydrogen (secondary N) is 2. The maximum Gasteiger partial charge on any atom is 0.217 e. The van der Waals surface area contributed by atoms with Gasteiger partial charge in [0.05, 0.1) is 39.1 Å². The lowest BCUT2D eigenvalue weighted by Gasteiger charge is -2.50. The van der Waals surface area contributed by atoms with E-state index in [9.17, 15) is 96.4 Å². The number of carbonyl (C=O) groups excluding carboxylic acids is 2. The van der Waals surface area contributed by atoms with Crippen LogP contribution in [0.4, 0.5) is 0 Å². The number of hydrogen-bond donors (Lipinski definition) is 19. The number of aliphatic hydroxyl groups is 17. The largest absolute Gasteiger partial charge is 0.394 e. The van der Waals surface area contributed by atoms with Crippen molar-refractivity contribution in [2.24, 2.45) is 0 Å². The van der Waals surface area contributed by atoms with Crippen molar-refractivity contribution in [2.75, 3.05) is 33.0 Å². The van der Waals surface area contributed by atoms with Crippen molar-refractivity contribution in [3.8, 4) is 0 Å². The van der Waals surface area contributed by atoms with Gasteiger partial charge >= 0.3 is 0 Å². The molecule has 0 saturated carbocycles. The lowest BCUT2D eigenvalue weighted by molar-refractivity contribution is -0.396. The minimum absolute atomic E-state index is 0.719. The van der Waals surface area contributed by atoms with Gasteiger partial charge < -0.3 is 150 Å². The first-order valence-electron chi connectivity index (χ1n) is 23.0. The highest BCUT2D eigenvalue weighted by Gasteiger charge is 2.57. The molecule has 6 aliphatic heterocycles. The molecule has 6 aliphatic rings. The maximum absolute atomic E-state index is 12.7. The van der Waals surface area contributed by atoms with Crippen LogP contribution in [0, 0.1) is 0 Å². The molecule has 6 fully saturated rings. The van der Waals surface area contributed by atoms with Crippen LogP contribution < -0.4 is 10.6 Å². The molecule has 0 aliphatic carbocycles. The van der Waals surface area contributed by atoms with Gasteiger partial charge in [0, 0.05) is 13.8 Å². The van der Waals surface area contributed by atoms with Crippen molar-refractivity contribution in [3.05, 3.63) is 0 Å². The average molecular weight is 1060 g/mol. The van der Waals surface area contributed by atoms with E-state index in [4.69, 9.17) is 52.1 Å². The molecule has 6 saturated heterocycles. The fourth-order valence-electron chi connectivity index (χ4n) is 9.14. The van der Waals surface area contributed by atoms with Gasteiger partial charge in [0.15, 0.2) is 37.7 Å². The molecule has 0 radical (unpaired) electrons. The van der Waals surface area contributed by atoms with Gasteiger partial charge in [0.25, 0.3) is 0 Å². The molecule has 0 aromatic rings. The smallest absolute Gasteiger partial charge is 0.217 e. The molecule has 72 heavy (non-hydrogen) atoms. The van der Waals surface area contributed by atoms with Gasteiger partial charge in [-0.1, -0.05) is 0 Å². The van der Waals surface area contributed by atoms with Gasteiger partial charge in [-0.15, -0.1) is 0 Å². The number of rotatable bonds is 17. The third-order valence-electron chi connectivity index (χ3n) is 13.2. The summed E-state index contributed by atoms with van der Waals surface area (Å²) in [6.07, 6.45) is -51.8. The fraction of sp³-hybridized carbons (Fsp3) is 0.950. The molecule has 32 nitrogen and oxygen atoms in total. The van der Waals surface area contributed by atoms with Gasteiger partial charge in [-0.25, -0.2) is 0 Å². The zero-order chi connectivity index (χ0) is 53.2. The molecule has 2 amide bonds. The van der Waals surface area contributed by atoms with Crippen LogP contribution in [0.25, 0.3) is 0 Å². The van der Waals surface area contributed by atoms with Gasteiger partial charge in [-0.2, -0.15) is 0 Å². The highest BCUT2D eigenvalue weighted by molar-refractivity contribution is 5.73. The first-order valence-corrected chi connectivity index (χ1v) is 23.0. The third kappa shape index (κ3) is 12.6. The molecule has 0 spiro atoms. The Labute approximate surface area is 408 Å². The maximum atomic E-state index is 12.7. The number of carbonyl (C=O) groups is 2. The van der Waals surface area contributed by atoms with Crippen LogP contribution in [0.5, 0.6) is 0 Å². The van der Waals surface area contributed by atoms with E-state index in [1.807, 2.05) is 0 Å². The standard InChI is InChI=1S/C40H68N2O30/c1-9-19(49)25(55)28(58)37(63-9)62-8-16-32(23(53)17(35(61)64-16)41-10(2)47)69-36-18(42-11(3)48)24(54)31(15(7-46)68-36)70-39-30(60)33(22(52)14(6-45)66-39)71-40-34(27(57)21(51)13(5-44)67-40)72-38-29(59)26(56)20(50)12(4-43)65-38/h9,12-40,43-46,49-61H,4-8H2,1-3H3,(H,41,47)(H,42,48)/t9-,12+,13+,14+,15+,16+,17+,18+,19+,20+,21+,22+,23+,24+,25+,26-,27-,28-,29-,30-,31+,32+,33-,34-,35+,36-,37+,38+,39-,40+/m0/s1. The predicted octanol–water partition coefficient (Wildman–Crippen LogP) is -12.8. The van der Waals surface area contributed by atoms with E-state index in [1.54, 1.807) is 0 Å². The lowest BCUT2D eigenvalue weighted by Crippen LogP contribution is -2.70. The zero-order valence-electron chi connectivity index (χ0n) is 38.8. The molecular weight excluding hydrogens is 988 g/mol. The normalized spacial score (nSPS) is 50.3. The Kier molecular flexibility index (Phi) is 20.8. The van der Waals surface area contributed by atoms with E-state index < -0.39 is 229 Å². The number of hydrogen-bond acceptors (Lipinski definition) is 30. The molecule has 0 aromatic carbocycles. The summed E-state index contributed by atoms with van der Waals surface area (Å²) in [4.78, 5) is 24.8. The summed E-state index contributed by atoms with van der Waals surface area (Å²) >= 11 is 0. The van der Waals surface area contributed by atoms with E-state index in [2.05, 4.69) is 10.6 Å². The molecule has 0 aromatic heterocycles. The van der Waals surface area contributed by atoms with Crippen LogP contribution in [0.1, 0.15) is 20.8 Å². The summed E-state index contributed by atoms with van der Waals surface area (Å²) in [5.41, 5.74) is 0. The molecule has 0 bridgehead atoms. The Bertz CT molecular complexity index is 1730. The van der Waals surface area contributed by atoms with E-state index in [-0.39, 0.29) is 0 Å². The van der Waals surface area contributed by atoms with E-state index in [0.29, 0.717) is 0 Å². The van der Waals surface area contributed by atoms with E-state index in [0.717, 1.165) is 13.8 Å². The second kappa shape index (κ2) is 25.3. The summed E-state index contributed by atoms with van der Waals surface area (Å²) in [6, 6.07) is -3.37. The average Bonchev–Trinajstić information content (AvgIpc) is 3.34. The Hall–Kier alpha value is -2.18. The molecule has 30 atom stereocenters. The topological polar surface area (TPSA) is 504 Å². The summed E-state index contributed by atoms with van der Waals surface area (Å²) < 4.78 is 62.9. The van der Waals surface area contributed by atoms with Crippen LogP contribution in [-0.4, -0.2) is 316 Å². The van der Waals surface area contributed by atoms with E-state index >= 15 is 0 Å². The zero-order valence-corrected chi connectivity index (χ0v) is 38.8. The molecule has 32 heteroatoms. The quantitative estimate of drug-likeness (QED) is 0.0643. The van der Waals surface area contributed by atoms with Crippen molar-refractivity contribution in [3.63, 3.8) is 0 Å². The monoisotopic (exact) mass is 1060 g/mol. The Morgan fingerprint density at radius 3 is 1.40 bits per heavy atom. The van der Waals surface area contributed by atoms with Crippen molar-refractivity contribution in [1.29, 1.82) is 0 Å². The number of aliphatic hydroxyl groups excluding tert-OH is 17. The summed E-state index contributed by atoms with van der Waals surface area (Å²) in [5.74, 6) is -1.58. The molecular formula is C40H68N2O30. The van der Waals surface area contributed by atoms with Gasteiger partial charge in [-0.05, 0) is 6.92 Å². The molecule has 6 rings (SSSR count). The van der Waals surface area contributed by atoms with Crippen molar-refractivity contribution < 1.29 is 149 Å². The van der Waals surface area contributed by atoms with Gasteiger partial charge in [0.2, 0.25) is 11.8 Å². The van der Waals surface area contributed by atoms with Crippen molar-refractivity contribution in [1.82, 2.24) is 10.6 Å².